The summed E-state index contributed by atoms with van der Waals surface area (Å²) < 4.78 is 0. The van der Waals surface area contributed by atoms with E-state index >= 15 is 0 Å². The molecular weight excluding hydrogens is 348 g/mol. The molecule has 2 aliphatic heterocycles. The molecular formula is C16H19ClN4O2S. The Morgan fingerprint density at radius 1 is 1.29 bits per heavy atom. The van der Waals surface area contributed by atoms with E-state index in [-0.39, 0.29) is 11.9 Å². The highest BCUT2D eigenvalue weighted by Gasteiger charge is 2.49. The fourth-order valence-electron chi connectivity index (χ4n) is 2.84. The third-order valence-electron chi connectivity index (χ3n) is 4.10. The van der Waals surface area contributed by atoms with Crippen LogP contribution in [0.15, 0.2) is 29.3 Å². The SMILES string of the molecule is CC(C)N1C(SCc2ccc(Cl)cc2)=NC2C1C(=O)NC(=O)N2C. The van der Waals surface area contributed by atoms with Gasteiger partial charge in [0.25, 0.3) is 5.91 Å². The van der Waals surface area contributed by atoms with Crippen molar-refractivity contribution in [2.45, 2.75) is 37.8 Å². The van der Waals surface area contributed by atoms with Crippen LogP contribution < -0.4 is 5.32 Å². The first-order valence-electron chi connectivity index (χ1n) is 7.69. The number of aliphatic imine (C=N–C) groups is 1. The Bertz CT molecular complexity index is 692. The summed E-state index contributed by atoms with van der Waals surface area (Å²) in [6, 6.07) is 6.88. The quantitative estimate of drug-likeness (QED) is 0.892. The molecule has 0 aliphatic carbocycles. The minimum atomic E-state index is -0.472. The topological polar surface area (TPSA) is 65.0 Å². The second-order valence-electron chi connectivity index (χ2n) is 6.09. The molecule has 128 valence electrons. The Balaban J connectivity index is 1.81. The van der Waals surface area contributed by atoms with Crippen molar-refractivity contribution in [1.82, 2.24) is 15.1 Å². The van der Waals surface area contributed by atoms with Gasteiger partial charge in [-0.1, -0.05) is 35.5 Å². The number of hydrogen-bond donors (Lipinski definition) is 1. The molecule has 0 spiro atoms. The van der Waals surface area contributed by atoms with Crippen molar-refractivity contribution in [2.75, 3.05) is 7.05 Å². The Kier molecular flexibility index (Phi) is 4.73. The largest absolute Gasteiger partial charge is 0.333 e. The van der Waals surface area contributed by atoms with E-state index in [1.165, 1.54) is 4.90 Å². The number of nitrogens with zero attached hydrogens (tertiary/aromatic N) is 3. The van der Waals surface area contributed by atoms with Crippen molar-refractivity contribution in [3.63, 3.8) is 0 Å². The Morgan fingerprint density at radius 2 is 1.96 bits per heavy atom. The number of carbonyl (C=O) groups excluding carboxylic acids is 2. The zero-order valence-corrected chi connectivity index (χ0v) is 15.3. The lowest BCUT2D eigenvalue weighted by Crippen LogP contribution is -2.64. The summed E-state index contributed by atoms with van der Waals surface area (Å²) >= 11 is 7.48. The lowest BCUT2D eigenvalue weighted by molar-refractivity contribution is -0.127. The zero-order valence-electron chi connectivity index (χ0n) is 13.7. The van der Waals surface area contributed by atoms with Gasteiger partial charge in [-0.05, 0) is 31.5 Å². The number of amidine groups is 1. The number of hydrogen-bond acceptors (Lipinski definition) is 5. The number of carbonyl (C=O) groups is 2. The van der Waals surface area contributed by atoms with Crippen LogP contribution in [-0.2, 0) is 10.5 Å². The number of rotatable bonds is 3. The van der Waals surface area contributed by atoms with Gasteiger partial charge in [-0.15, -0.1) is 0 Å². The van der Waals surface area contributed by atoms with Crippen molar-refractivity contribution in [3.05, 3.63) is 34.9 Å². The summed E-state index contributed by atoms with van der Waals surface area (Å²) in [6.45, 7) is 4.04. The summed E-state index contributed by atoms with van der Waals surface area (Å²) in [7, 11) is 1.66. The minimum Gasteiger partial charge on any atom is -0.333 e. The Hall–Kier alpha value is -1.73. The molecule has 8 heteroatoms. The van der Waals surface area contributed by atoms with E-state index in [1.807, 2.05) is 43.0 Å². The van der Waals surface area contributed by atoms with Crippen LogP contribution in [0.5, 0.6) is 0 Å². The van der Waals surface area contributed by atoms with Crippen LogP contribution in [-0.4, -0.2) is 52.2 Å². The molecule has 1 fully saturated rings. The van der Waals surface area contributed by atoms with Gasteiger partial charge in [0.05, 0.1) is 0 Å². The van der Waals surface area contributed by atoms with Gasteiger partial charge in [0.2, 0.25) is 0 Å². The normalized spacial score (nSPS) is 23.5. The second-order valence-corrected chi connectivity index (χ2v) is 7.47. The number of halogens is 1. The van der Waals surface area contributed by atoms with E-state index in [9.17, 15) is 9.59 Å². The molecule has 0 saturated carbocycles. The lowest BCUT2D eigenvalue weighted by atomic mass is 10.1. The molecule has 24 heavy (non-hydrogen) atoms. The Labute approximate surface area is 150 Å². The first-order chi connectivity index (χ1) is 11.4. The molecule has 0 radical (unpaired) electrons. The van der Waals surface area contributed by atoms with Gasteiger partial charge in [-0.3, -0.25) is 10.1 Å². The van der Waals surface area contributed by atoms with Crippen LogP contribution in [0.1, 0.15) is 19.4 Å². The van der Waals surface area contributed by atoms with E-state index in [0.717, 1.165) is 16.5 Å². The van der Waals surface area contributed by atoms with Crippen LogP contribution >= 0.6 is 23.4 Å². The van der Waals surface area contributed by atoms with Crippen molar-refractivity contribution < 1.29 is 9.59 Å². The number of likely N-dealkylation sites (N-methyl/N-ethyl adjacent to an activating group) is 1. The predicted octanol–water partition coefficient (Wildman–Crippen LogP) is 2.53. The van der Waals surface area contributed by atoms with Crippen LogP contribution in [0, 0.1) is 0 Å². The zero-order chi connectivity index (χ0) is 17.4. The maximum Gasteiger partial charge on any atom is 0.325 e. The van der Waals surface area contributed by atoms with E-state index in [1.54, 1.807) is 18.8 Å². The third-order valence-corrected chi connectivity index (χ3v) is 5.40. The molecule has 1 N–H and O–H groups in total. The molecule has 2 aliphatic rings. The smallest absolute Gasteiger partial charge is 0.325 e. The summed E-state index contributed by atoms with van der Waals surface area (Å²) in [5.74, 6) is 0.431. The van der Waals surface area contributed by atoms with Crippen LogP contribution in [0.2, 0.25) is 5.02 Å². The summed E-state index contributed by atoms with van der Waals surface area (Å²) in [4.78, 5) is 32.3. The molecule has 1 aromatic carbocycles. The monoisotopic (exact) mass is 366 g/mol. The van der Waals surface area contributed by atoms with Crippen LogP contribution in [0.25, 0.3) is 0 Å². The molecule has 1 aromatic rings. The molecule has 2 atom stereocenters. The van der Waals surface area contributed by atoms with E-state index in [0.29, 0.717) is 5.02 Å². The minimum absolute atomic E-state index is 0.101. The van der Waals surface area contributed by atoms with Gasteiger partial charge < -0.3 is 9.80 Å². The number of imide groups is 1. The van der Waals surface area contributed by atoms with Crippen LogP contribution in [0.4, 0.5) is 4.79 Å². The van der Waals surface area contributed by atoms with Gasteiger partial charge in [0.1, 0.15) is 0 Å². The van der Waals surface area contributed by atoms with Crippen molar-refractivity contribution >= 4 is 40.5 Å². The number of benzene rings is 1. The van der Waals surface area contributed by atoms with Gasteiger partial charge >= 0.3 is 6.03 Å². The molecule has 0 bridgehead atoms. The van der Waals surface area contributed by atoms with Crippen LogP contribution in [0.3, 0.4) is 0 Å². The first-order valence-corrected chi connectivity index (χ1v) is 9.06. The molecule has 3 amide bonds. The third kappa shape index (κ3) is 3.10. The molecule has 2 unspecified atom stereocenters. The number of thioether (sulfide) groups is 1. The molecule has 0 aromatic heterocycles. The number of urea groups is 1. The second kappa shape index (κ2) is 6.64. The van der Waals surface area contributed by atoms with Gasteiger partial charge in [-0.2, -0.15) is 0 Å². The maximum absolute atomic E-state index is 12.3. The van der Waals surface area contributed by atoms with E-state index in [2.05, 4.69) is 10.3 Å². The average molecular weight is 367 g/mol. The number of amides is 3. The number of nitrogens with one attached hydrogen (secondary N) is 1. The highest BCUT2D eigenvalue weighted by atomic mass is 35.5. The summed E-state index contributed by atoms with van der Waals surface area (Å²) in [6.07, 6.45) is -0.471. The first kappa shape index (κ1) is 17.1. The molecule has 1 saturated heterocycles. The maximum atomic E-state index is 12.3. The highest BCUT2D eigenvalue weighted by molar-refractivity contribution is 8.13. The molecule has 2 heterocycles. The Morgan fingerprint density at radius 3 is 2.58 bits per heavy atom. The lowest BCUT2D eigenvalue weighted by Gasteiger charge is -2.37. The van der Waals surface area contributed by atoms with E-state index in [4.69, 9.17) is 11.6 Å². The summed E-state index contributed by atoms with van der Waals surface area (Å²) in [5.41, 5.74) is 1.12. The van der Waals surface area contributed by atoms with Crippen molar-refractivity contribution in [1.29, 1.82) is 0 Å². The van der Waals surface area contributed by atoms with Gasteiger partial charge in [0, 0.05) is 23.9 Å². The fraction of sp³-hybridized carbons (Fsp3) is 0.438. The summed E-state index contributed by atoms with van der Waals surface area (Å²) in [5, 5.41) is 3.88. The van der Waals surface area contributed by atoms with Crippen molar-refractivity contribution in [3.8, 4) is 0 Å². The standard InChI is InChI=1S/C16H19ClN4O2S/c1-9(2)21-12-13(20(3)15(23)19-14(12)22)18-16(21)24-8-10-4-6-11(17)7-5-10/h4-7,9,12-13H,8H2,1-3H3,(H,19,22,23). The fourth-order valence-corrected chi connectivity index (χ4v) is 4.11. The predicted molar refractivity (Wildman–Crippen MR) is 96.0 cm³/mol. The highest BCUT2D eigenvalue weighted by Crippen LogP contribution is 2.31. The molecule has 3 rings (SSSR count). The van der Waals surface area contributed by atoms with E-state index < -0.39 is 18.2 Å². The van der Waals surface area contributed by atoms with Gasteiger partial charge in [-0.25, -0.2) is 9.79 Å². The number of fused-ring (bicyclic) bond motifs is 1. The molecule has 6 nitrogen and oxygen atoms in total. The average Bonchev–Trinajstić information content (AvgIpc) is 2.92. The van der Waals surface area contributed by atoms with Crippen molar-refractivity contribution in [2.24, 2.45) is 4.99 Å². The van der Waals surface area contributed by atoms with Gasteiger partial charge in [0.15, 0.2) is 17.4 Å².